The molecule has 0 aliphatic rings. The normalized spacial score (nSPS) is 11.2. The molecule has 1 aromatic rings. The highest BCUT2D eigenvalue weighted by atomic mass is 32.2. The van der Waals surface area contributed by atoms with Gasteiger partial charge in [-0.15, -0.1) is 0 Å². The lowest BCUT2D eigenvalue weighted by Crippen LogP contribution is -2.15. The van der Waals surface area contributed by atoms with E-state index >= 15 is 0 Å². The summed E-state index contributed by atoms with van der Waals surface area (Å²) in [5.74, 6) is 0.158. The van der Waals surface area contributed by atoms with Crippen LogP contribution in [0.4, 0.5) is 5.69 Å². The molecule has 13 heavy (non-hydrogen) atoms. The van der Waals surface area contributed by atoms with Gasteiger partial charge in [0.05, 0.1) is 5.75 Å². The smallest absolute Gasteiger partial charge is 0.232 e. The molecule has 4 heteroatoms. The van der Waals surface area contributed by atoms with Gasteiger partial charge in [-0.2, -0.15) is 0 Å². The van der Waals surface area contributed by atoms with Crippen LogP contribution in [0, 0.1) is 6.07 Å². The fourth-order valence-electron chi connectivity index (χ4n) is 0.954. The molecule has 0 saturated carbocycles. The molecule has 1 aromatic carbocycles. The van der Waals surface area contributed by atoms with Crippen molar-refractivity contribution in [2.75, 3.05) is 10.5 Å². The quantitative estimate of drug-likeness (QED) is 0.799. The number of benzene rings is 1. The predicted octanol–water partition coefficient (Wildman–Crippen LogP) is 1.64. The van der Waals surface area contributed by atoms with Crippen LogP contribution in [0.3, 0.4) is 0 Å². The first kappa shape index (κ1) is 10.1. The fraction of sp³-hybridized carbons (Fsp3) is 0.333. The molecule has 0 aromatic heterocycles. The Morgan fingerprint density at radius 1 is 1.38 bits per heavy atom. The van der Waals surface area contributed by atoms with Crippen LogP contribution in [0.25, 0.3) is 0 Å². The van der Waals surface area contributed by atoms with Gasteiger partial charge in [-0.1, -0.05) is 19.1 Å². The minimum absolute atomic E-state index is 0.158. The first-order valence-corrected chi connectivity index (χ1v) is 5.76. The van der Waals surface area contributed by atoms with E-state index in [1.807, 2.05) is 6.92 Å². The van der Waals surface area contributed by atoms with Gasteiger partial charge in [0, 0.05) is 5.69 Å². The van der Waals surface area contributed by atoms with Crippen LogP contribution in [0.15, 0.2) is 24.3 Å². The zero-order valence-corrected chi connectivity index (χ0v) is 8.26. The first-order chi connectivity index (χ1) is 6.14. The number of hydrogen-bond donors (Lipinski definition) is 1. The van der Waals surface area contributed by atoms with Crippen LogP contribution < -0.4 is 4.72 Å². The Morgan fingerprint density at radius 3 is 2.54 bits per heavy atom. The third-order valence-corrected chi connectivity index (χ3v) is 2.96. The van der Waals surface area contributed by atoms with Gasteiger partial charge in [0.2, 0.25) is 10.0 Å². The van der Waals surface area contributed by atoms with E-state index in [-0.39, 0.29) is 5.75 Å². The molecule has 0 bridgehead atoms. The Hall–Kier alpha value is -1.03. The zero-order valence-electron chi connectivity index (χ0n) is 7.45. The van der Waals surface area contributed by atoms with Crippen LogP contribution in [0.5, 0.6) is 0 Å². The molecule has 1 N–H and O–H groups in total. The summed E-state index contributed by atoms with van der Waals surface area (Å²) in [7, 11) is -3.15. The summed E-state index contributed by atoms with van der Waals surface area (Å²) < 4.78 is 25.0. The van der Waals surface area contributed by atoms with E-state index in [0.717, 1.165) is 0 Å². The van der Waals surface area contributed by atoms with Gasteiger partial charge in [-0.3, -0.25) is 4.72 Å². The zero-order chi connectivity index (χ0) is 9.73. The molecule has 71 valence electrons. The van der Waals surface area contributed by atoms with E-state index in [0.29, 0.717) is 12.1 Å². The van der Waals surface area contributed by atoms with Crippen LogP contribution in [0.1, 0.15) is 13.3 Å². The molecule has 1 rings (SSSR count). The predicted molar refractivity (Wildman–Crippen MR) is 53.0 cm³/mol. The monoisotopic (exact) mass is 198 g/mol. The van der Waals surface area contributed by atoms with Gasteiger partial charge in [0.15, 0.2) is 0 Å². The number of nitrogens with one attached hydrogen (secondary N) is 1. The highest BCUT2D eigenvalue weighted by molar-refractivity contribution is 7.92. The van der Waals surface area contributed by atoms with Gasteiger partial charge in [-0.05, 0) is 24.6 Å². The number of sulfonamides is 1. The lowest BCUT2D eigenvalue weighted by atomic mass is 10.3. The summed E-state index contributed by atoms with van der Waals surface area (Å²) in [5.41, 5.74) is 0.590. The van der Waals surface area contributed by atoms with Crippen LogP contribution in [-0.2, 0) is 10.0 Å². The minimum atomic E-state index is -3.15. The highest BCUT2D eigenvalue weighted by Gasteiger charge is 2.07. The standard InChI is InChI=1S/C9H12NO2S/c1-2-8-13(11,12)10-9-6-4-3-5-7-9/h4-7,10H,2,8H2,1H3. The van der Waals surface area contributed by atoms with Crippen molar-refractivity contribution in [2.24, 2.45) is 0 Å². The van der Waals surface area contributed by atoms with Gasteiger partial charge < -0.3 is 0 Å². The molecule has 0 fully saturated rings. The average molecular weight is 198 g/mol. The van der Waals surface area contributed by atoms with E-state index in [2.05, 4.69) is 10.8 Å². The van der Waals surface area contributed by atoms with Gasteiger partial charge in [0.25, 0.3) is 0 Å². The molecule has 0 unspecified atom stereocenters. The summed E-state index contributed by atoms with van der Waals surface area (Å²) in [6, 6.07) is 9.50. The largest absolute Gasteiger partial charge is 0.284 e. The van der Waals surface area contributed by atoms with Crippen molar-refractivity contribution in [3.8, 4) is 0 Å². The molecule has 0 heterocycles. The Labute approximate surface area is 78.8 Å². The maximum absolute atomic E-state index is 11.3. The molecular weight excluding hydrogens is 186 g/mol. The molecule has 1 radical (unpaired) electrons. The van der Waals surface area contributed by atoms with Gasteiger partial charge in [-0.25, -0.2) is 8.42 Å². The third kappa shape index (κ3) is 3.46. The number of rotatable bonds is 4. The maximum Gasteiger partial charge on any atom is 0.232 e. The molecule has 0 spiro atoms. The molecule has 0 atom stereocenters. The van der Waals surface area contributed by atoms with E-state index in [1.165, 1.54) is 0 Å². The second-order valence-corrected chi connectivity index (χ2v) is 4.55. The van der Waals surface area contributed by atoms with E-state index < -0.39 is 10.0 Å². The Kier molecular flexibility index (Phi) is 3.31. The van der Waals surface area contributed by atoms with E-state index in [1.54, 1.807) is 24.3 Å². The van der Waals surface area contributed by atoms with Crippen molar-refractivity contribution >= 4 is 15.7 Å². The van der Waals surface area contributed by atoms with Crippen molar-refractivity contribution in [1.29, 1.82) is 0 Å². The second kappa shape index (κ2) is 4.28. The molecule has 0 amide bonds. The van der Waals surface area contributed by atoms with Gasteiger partial charge >= 0.3 is 0 Å². The summed E-state index contributed by atoms with van der Waals surface area (Å²) in [4.78, 5) is 0. The summed E-state index contributed by atoms with van der Waals surface area (Å²) in [6.07, 6.45) is 0.619. The molecule has 0 saturated heterocycles. The first-order valence-electron chi connectivity index (χ1n) is 4.10. The third-order valence-electron chi connectivity index (χ3n) is 1.46. The maximum atomic E-state index is 11.3. The van der Waals surface area contributed by atoms with E-state index in [4.69, 9.17) is 0 Å². The molecule has 3 nitrogen and oxygen atoms in total. The molecule has 0 aliphatic heterocycles. The van der Waals surface area contributed by atoms with E-state index in [9.17, 15) is 8.42 Å². The Bertz CT molecular complexity index is 345. The van der Waals surface area contributed by atoms with Crippen LogP contribution >= 0.6 is 0 Å². The fourth-order valence-corrected chi connectivity index (χ4v) is 2.09. The van der Waals surface area contributed by atoms with Crippen LogP contribution in [-0.4, -0.2) is 14.2 Å². The minimum Gasteiger partial charge on any atom is -0.284 e. The van der Waals surface area contributed by atoms with Crippen molar-refractivity contribution in [1.82, 2.24) is 0 Å². The lowest BCUT2D eigenvalue weighted by molar-refractivity contribution is 0.600. The van der Waals surface area contributed by atoms with Crippen LogP contribution in [0.2, 0.25) is 0 Å². The topological polar surface area (TPSA) is 46.2 Å². The SMILES string of the molecule is CCCS(=O)(=O)Nc1cc[c]cc1. The summed E-state index contributed by atoms with van der Waals surface area (Å²) >= 11 is 0. The lowest BCUT2D eigenvalue weighted by Gasteiger charge is -2.05. The van der Waals surface area contributed by atoms with Gasteiger partial charge in [0.1, 0.15) is 0 Å². The van der Waals surface area contributed by atoms with Crippen molar-refractivity contribution in [2.45, 2.75) is 13.3 Å². The Balaban J connectivity index is 2.70. The summed E-state index contributed by atoms with van der Waals surface area (Å²) in [6.45, 7) is 1.83. The molecular formula is C9H12NO2S. The number of anilines is 1. The van der Waals surface area contributed by atoms with Crippen molar-refractivity contribution < 1.29 is 8.42 Å². The van der Waals surface area contributed by atoms with Crippen molar-refractivity contribution in [3.05, 3.63) is 30.3 Å². The average Bonchev–Trinajstić information content (AvgIpc) is 2.04. The summed E-state index contributed by atoms with van der Waals surface area (Å²) in [5, 5.41) is 0. The highest BCUT2D eigenvalue weighted by Crippen LogP contribution is 2.07. The Morgan fingerprint density at radius 2 is 2.00 bits per heavy atom. The molecule has 0 aliphatic carbocycles. The second-order valence-electron chi connectivity index (χ2n) is 2.71. The number of hydrogen-bond acceptors (Lipinski definition) is 2. The van der Waals surface area contributed by atoms with Crippen molar-refractivity contribution in [3.63, 3.8) is 0 Å².